The molecular weight excluding hydrogens is 500 g/mol. The summed E-state index contributed by atoms with van der Waals surface area (Å²) in [4.78, 5) is 10.9. The summed E-state index contributed by atoms with van der Waals surface area (Å²) in [5.41, 5.74) is 5.46. The fourth-order valence-electron chi connectivity index (χ4n) is 4.84. The first-order valence-corrected chi connectivity index (χ1v) is 13.0. The van der Waals surface area contributed by atoms with Gasteiger partial charge in [-0.25, -0.2) is 4.79 Å². The molecule has 0 amide bonds. The third kappa shape index (κ3) is 5.79. The summed E-state index contributed by atoms with van der Waals surface area (Å²) in [5.74, 6) is 0.487. The van der Waals surface area contributed by atoms with Gasteiger partial charge in [0.25, 0.3) is 0 Å². The lowest BCUT2D eigenvalue weighted by Crippen LogP contribution is -2.49. The van der Waals surface area contributed by atoms with E-state index in [1.165, 1.54) is 0 Å². The minimum absolute atomic E-state index is 0.0548. The molecule has 2 N–H and O–H groups in total. The number of aryl methyl sites for hydroxylation is 1. The Labute approximate surface area is 228 Å². The Morgan fingerprint density at radius 1 is 0.897 bits per heavy atom. The number of carboxylic acid groups (broad SMARTS) is 1. The SMILES string of the molecule is Cc1cc(OCC2(CO)COC2)ccc1-c1cccc(COc2ccc(C3(OCC(=O)O)COC3)cc2)c1C. The smallest absolute Gasteiger partial charge is 0.329 e. The van der Waals surface area contributed by atoms with E-state index in [0.717, 1.165) is 39.1 Å². The third-order valence-electron chi connectivity index (χ3n) is 7.55. The largest absolute Gasteiger partial charge is 0.493 e. The number of ether oxygens (including phenoxy) is 5. The number of hydrogen-bond acceptors (Lipinski definition) is 7. The van der Waals surface area contributed by atoms with Crippen LogP contribution in [0.1, 0.15) is 22.3 Å². The molecule has 0 saturated carbocycles. The number of rotatable bonds is 12. The van der Waals surface area contributed by atoms with Crippen molar-refractivity contribution in [3.8, 4) is 22.6 Å². The van der Waals surface area contributed by atoms with Crippen molar-refractivity contribution >= 4 is 5.97 Å². The molecule has 0 unspecified atom stereocenters. The number of aliphatic hydroxyl groups excluding tert-OH is 1. The first-order chi connectivity index (χ1) is 18.8. The lowest BCUT2D eigenvalue weighted by atomic mass is 9.88. The van der Waals surface area contributed by atoms with Crippen LogP contribution in [0.25, 0.3) is 11.1 Å². The molecule has 0 spiro atoms. The second kappa shape index (κ2) is 11.4. The van der Waals surface area contributed by atoms with Crippen LogP contribution < -0.4 is 9.47 Å². The quantitative estimate of drug-likeness (QED) is 0.355. The van der Waals surface area contributed by atoms with Gasteiger partial charge in [-0.15, -0.1) is 0 Å². The number of aliphatic carboxylic acids is 1. The molecule has 0 aromatic heterocycles. The highest BCUT2D eigenvalue weighted by atomic mass is 16.6. The molecule has 2 fully saturated rings. The number of carboxylic acids is 1. The van der Waals surface area contributed by atoms with Gasteiger partial charge in [0.15, 0.2) is 0 Å². The lowest BCUT2D eigenvalue weighted by molar-refractivity contribution is -0.220. The summed E-state index contributed by atoms with van der Waals surface area (Å²) in [6.07, 6.45) is 0. The van der Waals surface area contributed by atoms with Crippen molar-refractivity contribution in [2.24, 2.45) is 5.41 Å². The van der Waals surface area contributed by atoms with Crippen LogP contribution in [0, 0.1) is 19.3 Å². The minimum Gasteiger partial charge on any atom is -0.493 e. The minimum atomic E-state index is -1.01. The van der Waals surface area contributed by atoms with Gasteiger partial charge in [0, 0.05) is 0 Å². The number of benzene rings is 3. The van der Waals surface area contributed by atoms with Crippen LogP contribution in [0.4, 0.5) is 0 Å². The molecule has 8 nitrogen and oxygen atoms in total. The normalized spacial score (nSPS) is 17.1. The summed E-state index contributed by atoms with van der Waals surface area (Å²) in [5, 5.41) is 18.6. The fraction of sp³-hybridized carbons (Fsp3) is 0.387. The zero-order chi connectivity index (χ0) is 27.5. The average Bonchev–Trinajstić information content (AvgIpc) is 2.88. The van der Waals surface area contributed by atoms with Gasteiger partial charge in [-0.3, -0.25) is 0 Å². The zero-order valence-electron chi connectivity index (χ0n) is 22.3. The van der Waals surface area contributed by atoms with Crippen molar-refractivity contribution in [2.75, 3.05) is 46.2 Å². The highest BCUT2D eigenvalue weighted by molar-refractivity contribution is 5.72. The highest BCUT2D eigenvalue weighted by Gasteiger charge is 2.42. The second-order valence-corrected chi connectivity index (χ2v) is 10.5. The summed E-state index contributed by atoms with van der Waals surface area (Å²) >= 11 is 0. The molecule has 3 aromatic carbocycles. The van der Waals surface area contributed by atoms with Crippen LogP contribution in [0.5, 0.6) is 11.5 Å². The fourth-order valence-corrected chi connectivity index (χ4v) is 4.84. The molecular formula is C31H34O8. The van der Waals surface area contributed by atoms with E-state index in [0.29, 0.717) is 45.4 Å². The molecule has 0 atom stereocenters. The summed E-state index contributed by atoms with van der Waals surface area (Å²) in [6, 6.07) is 19.8. The van der Waals surface area contributed by atoms with Crippen molar-refractivity contribution in [3.05, 3.63) is 82.9 Å². The maximum atomic E-state index is 10.9. The van der Waals surface area contributed by atoms with E-state index in [-0.39, 0.29) is 18.6 Å². The molecule has 8 heteroatoms. The van der Waals surface area contributed by atoms with Crippen LogP contribution >= 0.6 is 0 Å². The predicted molar refractivity (Wildman–Crippen MR) is 144 cm³/mol. The average molecular weight is 535 g/mol. The van der Waals surface area contributed by atoms with Gasteiger partial charge >= 0.3 is 5.97 Å². The van der Waals surface area contributed by atoms with E-state index in [4.69, 9.17) is 28.8 Å². The van der Waals surface area contributed by atoms with Crippen molar-refractivity contribution in [1.29, 1.82) is 0 Å². The molecule has 0 aliphatic carbocycles. The molecule has 3 aromatic rings. The van der Waals surface area contributed by atoms with Gasteiger partial charge in [0.1, 0.15) is 36.9 Å². The highest BCUT2D eigenvalue weighted by Crippen LogP contribution is 2.35. The maximum Gasteiger partial charge on any atom is 0.329 e. The van der Waals surface area contributed by atoms with E-state index in [9.17, 15) is 9.90 Å². The van der Waals surface area contributed by atoms with Crippen molar-refractivity contribution in [1.82, 2.24) is 0 Å². The summed E-state index contributed by atoms with van der Waals surface area (Å²) in [7, 11) is 0. The molecule has 206 valence electrons. The van der Waals surface area contributed by atoms with Crippen molar-refractivity contribution in [2.45, 2.75) is 26.1 Å². The van der Waals surface area contributed by atoms with Gasteiger partial charge in [-0.05, 0) is 71.5 Å². The van der Waals surface area contributed by atoms with Crippen molar-refractivity contribution < 1.29 is 38.7 Å². The van der Waals surface area contributed by atoms with Crippen LogP contribution in [-0.4, -0.2) is 62.4 Å². The monoisotopic (exact) mass is 534 g/mol. The Hall–Kier alpha value is -3.43. The van der Waals surface area contributed by atoms with Gasteiger partial charge in [-0.2, -0.15) is 0 Å². The Bertz CT molecular complexity index is 1300. The van der Waals surface area contributed by atoms with E-state index >= 15 is 0 Å². The van der Waals surface area contributed by atoms with Crippen molar-refractivity contribution in [3.63, 3.8) is 0 Å². The number of aliphatic hydroxyl groups is 1. The first-order valence-electron chi connectivity index (χ1n) is 13.0. The third-order valence-corrected chi connectivity index (χ3v) is 7.55. The first kappa shape index (κ1) is 27.1. The van der Waals surface area contributed by atoms with E-state index in [2.05, 4.69) is 32.0 Å². The molecule has 2 saturated heterocycles. The molecule has 2 aliphatic heterocycles. The van der Waals surface area contributed by atoms with Gasteiger partial charge in [-0.1, -0.05) is 36.4 Å². The van der Waals surface area contributed by atoms with E-state index < -0.39 is 11.6 Å². The number of carbonyl (C=O) groups is 1. The molecule has 5 rings (SSSR count). The maximum absolute atomic E-state index is 10.9. The number of hydrogen-bond donors (Lipinski definition) is 2. The topological polar surface area (TPSA) is 104 Å². The predicted octanol–water partition coefficient (Wildman–Crippen LogP) is 4.26. The van der Waals surface area contributed by atoms with Gasteiger partial charge in [0.2, 0.25) is 0 Å². The molecule has 39 heavy (non-hydrogen) atoms. The van der Waals surface area contributed by atoms with Gasteiger partial charge in [0.05, 0.1) is 38.4 Å². The van der Waals surface area contributed by atoms with Gasteiger partial charge < -0.3 is 33.9 Å². The molecule has 0 bridgehead atoms. The zero-order valence-corrected chi connectivity index (χ0v) is 22.3. The molecule has 2 heterocycles. The van der Waals surface area contributed by atoms with E-state index in [1.54, 1.807) is 0 Å². The summed E-state index contributed by atoms with van der Waals surface area (Å²) in [6.45, 7) is 6.41. The Balaban J connectivity index is 1.24. The van der Waals surface area contributed by atoms with Crippen LogP contribution in [0.15, 0.2) is 60.7 Å². The Morgan fingerprint density at radius 2 is 1.62 bits per heavy atom. The van der Waals surface area contributed by atoms with Crippen LogP contribution in [0.3, 0.4) is 0 Å². The second-order valence-electron chi connectivity index (χ2n) is 10.5. The summed E-state index contributed by atoms with van der Waals surface area (Å²) < 4.78 is 28.3. The molecule has 0 radical (unpaired) electrons. The Kier molecular flexibility index (Phi) is 7.91. The van der Waals surface area contributed by atoms with Crippen LogP contribution in [0.2, 0.25) is 0 Å². The van der Waals surface area contributed by atoms with Crippen LogP contribution in [-0.2, 0) is 31.2 Å². The molecule has 2 aliphatic rings. The standard InChI is InChI=1S/C31H34O8/c1-21-12-26(38-18-30(15-32)16-35-17-30)10-11-27(21)28-5-3-4-23(22(28)2)13-37-25-8-6-24(7-9-25)31(19-36-20-31)39-14-29(33)34/h3-12,32H,13-20H2,1-2H3,(H,33,34). The Morgan fingerprint density at radius 3 is 2.21 bits per heavy atom. The van der Waals surface area contributed by atoms with E-state index in [1.807, 2.05) is 42.5 Å². The lowest BCUT2D eigenvalue weighted by Gasteiger charge is -2.41.